The minimum Gasteiger partial charge on any atom is -0.410 e. The number of para-hydroxylation sites is 2. The van der Waals surface area contributed by atoms with E-state index in [0.717, 1.165) is 39.3 Å². The van der Waals surface area contributed by atoms with Crippen molar-refractivity contribution < 1.29 is 23.9 Å². The Balaban J connectivity index is 1.29. The van der Waals surface area contributed by atoms with Crippen LogP contribution in [0.4, 0.5) is 10.5 Å². The second-order valence-electron chi connectivity index (χ2n) is 13.3. The summed E-state index contributed by atoms with van der Waals surface area (Å²) in [5.41, 5.74) is 8.47. The molecule has 0 spiro atoms. The van der Waals surface area contributed by atoms with Crippen molar-refractivity contribution in [2.24, 2.45) is 7.05 Å². The van der Waals surface area contributed by atoms with Crippen LogP contribution in [0, 0.1) is 6.92 Å². The number of benzene rings is 4. The van der Waals surface area contributed by atoms with Gasteiger partial charge in [0.1, 0.15) is 5.75 Å². The van der Waals surface area contributed by atoms with Gasteiger partial charge in [-0.2, -0.15) is 0 Å². The van der Waals surface area contributed by atoms with Crippen LogP contribution in [0.2, 0.25) is 0 Å². The highest BCUT2D eigenvalue weighted by Crippen LogP contribution is 2.36. The fourth-order valence-corrected chi connectivity index (χ4v) is 7.25. The summed E-state index contributed by atoms with van der Waals surface area (Å²) in [6, 6.07) is 32.6. The zero-order valence-corrected chi connectivity index (χ0v) is 29.5. The molecular weight excluding hydrogens is 640 g/mol. The molecule has 3 heterocycles. The third-order valence-electron chi connectivity index (χ3n) is 10.3. The van der Waals surface area contributed by atoms with Crippen LogP contribution in [-0.4, -0.2) is 65.6 Å². The predicted molar refractivity (Wildman–Crippen MR) is 197 cm³/mol. The lowest BCUT2D eigenvalue weighted by molar-refractivity contribution is 0.0477. The van der Waals surface area contributed by atoms with Crippen LogP contribution in [0.1, 0.15) is 48.7 Å². The number of fused-ring (bicyclic) bond motifs is 2. The molecular formula is C42H42N4O5. The summed E-state index contributed by atoms with van der Waals surface area (Å²) in [4.78, 5) is 47.3. The molecule has 1 aromatic heterocycles. The molecule has 3 amide bonds. The van der Waals surface area contributed by atoms with Gasteiger partial charge in [-0.15, -0.1) is 0 Å². The Labute approximate surface area is 298 Å². The van der Waals surface area contributed by atoms with E-state index in [0.29, 0.717) is 56.0 Å². The van der Waals surface area contributed by atoms with E-state index in [2.05, 4.69) is 18.2 Å². The van der Waals surface area contributed by atoms with Gasteiger partial charge in [-0.3, -0.25) is 9.59 Å². The van der Waals surface area contributed by atoms with Gasteiger partial charge in [0.25, 0.3) is 11.8 Å². The van der Waals surface area contributed by atoms with E-state index in [1.807, 2.05) is 96.2 Å². The molecule has 0 radical (unpaired) electrons. The van der Waals surface area contributed by atoms with Gasteiger partial charge in [-0.1, -0.05) is 60.7 Å². The number of carbonyl (C=O) groups is 3. The van der Waals surface area contributed by atoms with Crippen LogP contribution < -0.4 is 9.64 Å². The molecule has 0 bridgehead atoms. The fraction of sp³-hybridized carbons (Fsp3) is 0.262. The maximum atomic E-state index is 14.9. The summed E-state index contributed by atoms with van der Waals surface area (Å²) in [6.07, 6.45) is 0.846. The Bertz CT molecular complexity index is 2090. The van der Waals surface area contributed by atoms with Crippen molar-refractivity contribution in [1.29, 1.82) is 0 Å². The Morgan fingerprint density at radius 3 is 2.22 bits per heavy atom. The highest BCUT2D eigenvalue weighted by Gasteiger charge is 2.34. The number of methoxy groups -OCH3 is 1. The Kier molecular flexibility index (Phi) is 9.47. The number of aromatic nitrogens is 1. The van der Waals surface area contributed by atoms with Gasteiger partial charge in [0.2, 0.25) is 0 Å². The lowest BCUT2D eigenvalue weighted by atomic mass is 9.89. The normalized spacial score (nSPS) is 15.2. The summed E-state index contributed by atoms with van der Waals surface area (Å²) in [5.74, 6) is 0.227. The lowest BCUT2D eigenvalue weighted by Crippen LogP contribution is -2.47. The molecule has 1 atom stereocenters. The largest absolute Gasteiger partial charge is 0.415 e. The maximum Gasteiger partial charge on any atom is 0.415 e. The molecule has 260 valence electrons. The topological polar surface area (TPSA) is 84.3 Å². The molecule has 7 rings (SSSR count). The number of nitrogens with zero attached hydrogens (tertiary/aromatic N) is 4. The fourth-order valence-electron chi connectivity index (χ4n) is 7.25. The van der Waals surface area contributed by atoms with Crippen molar-refractivity contribution in [2.75, 3.05) is 32.2 Å². The first-order valence-corrected chi connectivity index (χ1v) is 17.3. The first kappa shape index (κ1) is 33.8. The second kappa shape index (κ2) is 14.3. The molecule has 2 aliphatic rings. The molecule has 0 N–H and O–H groups in total. The molecule has 0 fully saturated rings. The van der Waals surface area contributed by atoms with E-state index in [1.54, 1.807) is 36.1 Å². The Morgan fingerprint density at radius 1 is 0.804 bits per heavy atom. The van der Waals surface area contributed by atoms with Crippen molar-refractivity contribution >= 4 is 23.6 Å². The van der Waals surface area contributed by atoms with Crippen LogP contribution in [0.15, 0.2) is 103 Å². The molecule has 51 heavy (non-hydrogen) atoms. The first-order chi connectivity index (χ1) is 24.7. The van der Waals surface area contributed by atoms with Crippen molar-refractivity contribution in [3.8, 4) is 17.0 Å². The van der Waals surface area contributed by atoms with Gasteiger partial charge >= 0.3 is 6.09 Å². The quantitative estimate of drug-likeness (QED) is 0.184. The van der Waals surface area contributed by atoms with Crippen LogP contribution in [0.25, 0.3) is 11.3 Å². The summed E-state index contributed by atoms with van der Waals surface area (Å²) < 4.78 is 13.3. The van der Waals surface area contributed by atoms with Crippen LogP contribution in [0.3, 0.4) is 0 Å². The molecule has 0 saturated heterocycles. The van der Waals surface area contributed by atoms with Gasteiger partial charge in [0, 0.05) is 69.0 Å². The third-order valence-corrected chi connectivity index (χ3v) is 10.3. The number of anilines is 1. The summed E-state index contributed by atoms with van der Waals surface area (Å²) in [5, 5.41) is 0. The van der Waals surface area contributed by atoms with E-state index < -0.39 is 6.09 Å². The molecule has 0 saturated carbocycles. The lowest BCUT2D eigenvalue weighted by Gasteiger charge is -2.37. The molecule has 5 aromatic rings. The number of ether oxygens (including phenoxy) is 2. The first-order valence-electron chi connectivity index (χ1n) is 17.3. The van der Waals surface area contributed by atoms with E-state index in [-0.39, 0.29) is 17.9 Å². The SMILES string of the molecule is COC[C@@H]1Cc2ccccc2CN1C(=O)c1cc2c(cc1-c1cc(C(=O)N(C)c3ccccc3)c(C)n1C)CCN(C(=O)Oc1ccccc1)C2. The standard InChI is InChI=1S/C42H42N4O5/c1-28-36(40(47)44(3)33-15-7-5-8-16-33)24-39(43(28)2)37-22-30-19-20-45(42(49)51-35-17-9-6-10-18-35)25-32(30)23-38(37)41(48)46-26-31-14-12-11-13-29(31)21-34(46)27-50-4/h5-18,22-24,34H,19-21,25-27H2,1-4H3/t34-/m0/s1. The van der Waals surface area contributed by atoms with E-state index >= 15 is 0 Å². The van der Waals surface area contributed by atoms with Gasteiger partial charge in [-0.25, -0.2) is 4.79 Å². The minimum absolute atomic E-state index is 0.124. The number of amides is 3. The van der Waals surface area contributed by atoms with Gasteiger partial charge < -0.3 is 28.7 Å². The van der Waals surface area contributed by atoms with Crippen molar-refractivity contribution in [1.82, 2.24) is 14.4 Å². The van der Waals surface area contributed by atoms with E-state index in [4.69, 9.17) is 9.47 Å². The smallest absolute Gasteiger partial charge is 0.410 e. The van der Waals surface area contributed by atoms with Crippen LogP contribution >= 0.6 is 0 Å². The zero-order chi connectivity index (χ0) is 35.6. The summed E-state index contributed by atoms with van der Waals surface area (Å²) in [7, 11) is 5.37. The number of hydrogen-bond donors (Lipinski definition) is 0. The molecule has 9 nitrogen and oxygen atoms in total. The molecule has 4 aromatic carbocycles. The van der Waals surface area contributed by atoms with Gasteiger partial charge in [-0.05, 0) is 84.5 Å². The van der Waals surface area contributed by atoms with Crippen LogP contribution in [-0.2, 0) is 37.7 Å². The molecule has 9 heteroatoms. The average Bonchev–Trinajstić information content (AvgIpc) is 3.46. The molecule has 2 aliphatic heterocycles. The zero-order valence-electron chi connectivity index (χ0n) is 29.5. The maximum absolute atomic E-state index is 14.9. The van der Waals surface area contributed by atoms with Crippen molar-refractivity contribution in [3.05, 3.63) is 142 Å². The van der Waals surface area contributed by atoms with Crippen molar-refractivity contribution in [2.45, 2.75) is 38.9 Å². The monoisotopic (exact) mass is 682 g/mol. The molecule has 0 unspecified atom stereocenters. The summed E-state index contributed by atoms with van der Waals surface area (Å²) >= 11 is 0. The third kappa shape index (κ3) is 6.65. The average molecular weight is 683 g/mol. The number of rotatable bonds is 7. The highest BCUT2D eigenvalue weighted by molar-refractivity contribution is 6.08. The minimum atomic E-state index is -0.430. The number of hydrogen-bond acceptors (Lipinski definition) is 5. The van der Waals surface area contributed by atoms with E-state index in [1.165, 1.54) is 5.56 Å². The Morgan fingerprint density at radius 2 is 1.49 bits per heavy atom. The second-order valence-corrected chi connectivity index (χ2v) is 13.3. The molecule has 0 aliphatic carbocycles. The van der Waals surface area contributed by atoms with Crippen LogP contribution in [0.5, 0.6) is 5.75 Å². The van der Waals surface area contributed by atoms with E-state index in [9.17, 15) is 14.4 Å². The Hall–Kier alpha value is -5.67. The summed E-state index contributed by atoms with van der Waals surface area (Å²) in [6.45, 7) is 3.56. The highest BCUT2D eigenvalue weighted by atomic mass is 16.6. The predicted octanol–water partition coefficient (Wildman–Crippen LogP) is 7.05. The number of carbonyl (C=O) groups excluding carboxylic acids is 3. The van der Waals surface area contributed by atoms with Gasteiger partial charge in [0.05, 0.1) is 18.2 Å². The van der Waals surface area contributed by atoms with Gasteiger partial charge in [0.15, 0.2) is 0 Å². The van der Waals surface area contributed by atoms with Crippen molar-refractivity contribution in [3.63, 3.8) is 0 Å².